The molecule has 4 aromatic carbocycles. The summed E-state index contributed by atoms with van der Waals surface area (Å²) in [6.45, 7) is 17.6. The molecule has 1 aliphatic rings. The number of rotatable bonds is 15. The van der Waals surface area contributed by atoms with Crippen LogP contribution in [0.4, 0.5) is 27.5 Å². The lowest BCUT2D eigenvalue weighted by Gasteiger charge is -2.32. The molecule has 5 aromatic rings. The molecule has 1 heterocycles. The van der Waals surface area contributed by atoms with Crippen molar-refractivity contribution in [3.05, 3.63) is 106 Å². The summed E-state index contributed by atoms with van der Waals surface area (Å²) in [4.78, 5) is 48.4. The van der Waals surface area contributed by atoms with Crippen LogP contribution in [0.5, 0.6) is 0 Å². The Hall–Kier alpha value is -6.22. The molecule has 0 aliphatic heterocycles. The summed E-state index contributed by atoms with van der Waals surface area (Å²) in [6.07, 6.45) is 3.55. The Balaban J connectivity index is 1.26. The predicted octanol–water partition coefficient (Wildman–Crippen LogP) is 11.2. The number of carbonyl (C=O) groups is 3. The number of Topliss-reactive ketones (excluding diaryl/α,β-unsaturated/α-hetero) is 1. The second-order valence-electron chi connectivity index (χ2n) is 20.4. The number of oxazole rings is 1. The number of aromatic nitrogens is 1. The van der Waals surface area contributed by atoms with Gasteiger partial charge in [0.25, 0.3) is 15.9 Å². The predicted molar refractivity (Wildman–Crippen MR) is 271 cm³/mol. The van der Waals surface area contributed by atoms with E-state index in [1.54, 1.807) is 45.0 Å². The highest BCUT2D eigenvalue weighted by molar-refractivity contribution is 7.93. The first kappa shape index (κ1) is 52.2. The van der Waals surface area contributed by atoms with Gasteiger partial charge in [-0.2, -0.15) is 5.26 Å². The van der Waals surface area contributed by atoms with E-state index in [1.165, 1.54) is 47.4 Å². The number of allylic oxidation sites excluding steroid dienone is 1. The van der Waals surface area contributed by atoms with Crippen LogP contribution >= 0.6 is 11.6 Å². The molecule has 0 saturated heterocycles. The molecule has 1 saturated carbocycles. The second-order valence-corrected chi connectivity index (χ2v) is 24.2. The molecule has 3 N–H and O–H groups in total. The number of hydrogen-bond donors (Lipinski definition) is 3. The van der Waals surface area contributed by atoms with E-state index in [0.717, 1.165) is 31.1 Å². The standard InChI is InChI=1S/C51H59ClN6O9S2/c1-31-25-37(22-19-32(31)26-33(29-53)47-55-41-27-34(20-24-42(41)66-47)51(8,9)30-49(2,3)4)58(36-15-11-12-16-36)48(61)67-44(45(59)50(5,6)7)46(60)54-40-28-35(21-23-38(40)52)56-69(64,65)43-18-14-13-17-39(43)57-68(10,62)63/h13-14,17-28,36,44,56-57H,11-12,15-16,30H2,1-10H3,(H,54,60)/b33-26+. The number of ether oxygens (including phenoxy) is 1. The lowest BCUT2D eigenvalue weighted by Crippen LogP contribution is -2.48. The Bertz CT molecular complexity index is 3100. The summed E-state index contributed by atoms with van der Waals surface area (Å²) >= 11 is 6.48. The molecule has 0 spiro atoms. The van der Waals surface area contributed by atoms with Crippen LogP contribution in [0, 0.1) is 29.1 Å². The zero-order valence-corrected chi connectivity index (χ0v) is 42.9. The van der Waals surface area contributed by atoms with Crippen LogP contribution in [0.2, 0.25) is 5.02 Å². The Morgan fingerprint density at radius 3 is 2.22 bits per heavy atom. The highest BCUT2D eigenvalue weighted by Crippen LogP contribution is 2.38. The molecule has 366 valence electrons. The van der Waals surface area contributed by atoms with E-state index in [9.17, 15) is 36.5 Å². The van der Waals surface area contributed by atoms with Gasteiger partial charge >= 0.3 is 6.09 Å². The quantitative estimate of drug-likeness (QED) is 0.0662. The van der Waals surface area contributed by atoms with E-state index in [-0.39, 0.29) is 55.3 Å². The first-order valence-corrected chi connectivity index (χ1v) is 26.2. The lowest BCUT2D eigenvalue weighted by atomic mass is 9.72. The van der Waals surface area contributed by atoms with Crippen LogP contribution in [0.3, 0.4) is 0 Å². The van der Waals surface area contributed by atoms with Crippen LogP contribution in [0.15, 0.2) is 88.2 Å². The van der Waals surface area contributed by atoms with Gasteiger partial charge in [-0.3, -0.25) is 23.9 Å². The molecule has 15 nitrogen and oxygen atoms in total. The Morgan fingerprint density at radius 1 is 0.913 bits per heavy atom. The Labute approximate surface area is 409 Å². The van der Waals surface area contributed by atoms with E-state index < -0.39 is 49.3 Å². The molecule has 1 fully saturated rings. The number of ketones is 1. The summed E-state index contributed by atoms with van der Waals surface area (Å²) in [6, 6.07) is 22.3. The van der Waals surface area contributed by atoms with Crippen molar-refractivity contribution < 1.29 is 40.4 Å². The van der Waals surface area contributed by atoms with Crippen molar-refractivity contribution in [1.82, 2.24) is 4.98 Å². The molecular weight excluding hydrogens is 940 g/mol. The van der Waals surface area contributed by atoms with Gasteiger partial charge in [-0.15, -0.1) is 0 Å². The molecule has 0 bridgehead atoms. The van der Waals surface area contributed by atoms with Crippen molar-refractivity contribution in [2.24, 2.45) is 10.8 Å². The van der Waals surface area contributed by atoms with E-state index in [0.29, 0.717) is 40.8 Å². The molecule has 1 aromatic heterocycles. The maximum Gasteiger partial charge on any atom is 0.415 e. The van der Waals surface area contributed by atoms with Gasteiger partial charge in [0.05, 0.1) is 28.3 Å². The van der Waals surface area contributed by atoms with Crippen molar-refractivity contribution in [1.29, 1.82) is 5.26 Å². The summed E-state index contributed by atoms with van der Waals surface area (Å²) in [7, 11) is -8.25. The fraction of sp³-hybridized carbons (Fsp3) is 0.392. The van der Waals surface area contributed by atoms with Gasteiger partial charge in [-0.05, 0) is 114 Å². The number of nitrogens with zero attached hydrogens (tertiary/aromatic N) is 3. The summed E-state index contributed by atoms with van der Waals surface area (Å²) in [5.41, 5.74) is 2.79. The number of benzene rings is 4. The van der Waals surface area contributed by atoms with Crippen molar-refractivity contribution in [3.63, 3.8) is 0 Å². The van der Waals surface area contributed by atoms with Gasteiger partial charge in [0.15, 0.2) is 11.4 Å². The van der Waals surface area contributed by atoms with Crippen molar-refractivity contribution in [2.75, 3.05) is 25.9 Å². The van der Waals surface area contributed by atoms with Crippen LogP contribution in [-0.4, -0.2) is 58.0 Å². The molecule has 2 amide bonds. The van der Waals surface area contributed by atoms with E-state index >= 15 is 0 Å². The minimum Gasteiger partial charge on any atom is -0.435 e. The minimum atomic E-state index is -4.41. The number of nitriles is 1. The maximum atomic E-state index is 14.5. The average Bonchev–Trinajstić information content (AvgIpc) is 3.92. The number of halogens is 1. The molecule has 6 rings (SSSR count). The Kier molecular flexibility index (Phi) is 15.1. The second kappa shape index (κ2) is 20.0. The van der Waals surface area contributed by atoms with Crippen LogP contribution in [-0.2, 0) is 39.8 Å². The smallest absolute Gasteiger partial charge is 0.415 e. The van der Waals surface area contributed by atoms with Gasteiger partial charge in [0.2, 0.25) is 22.0 Å². The fourth-order valence-corrected chi connectivity index (χ4v) is 10.7. The first-order chi connectivity index (χ1) is 32.0. The number of fused-ring (bicyclic) bond motifs is 1. The highest BCUT2D eigenvalue weighted by atomic mass is 35.5. The normalized spacial score (nSPS) is 14.5. The molecule has 1 unspecified atom stereocenters. The number of carbonyl (C=O) groups excluding carboxylic acids is 3. The third-order valence-corrected chi connectivity index (χ3v) is 14.0. The van der Waals surface area contributed by atoms with Gasteiger partial charge in [-0.1, -0.05) is 104 Å². The molecule has 1 atom stereocenters. The average molecular weight is 1000 g/mol. The Morgan fingerprint density at radius 2 is 1.59 bits per heavy atom. The monoisotopic (exact) mass is 998 g/mol. The van der Waals surface area contributed by atoms with E-state index in [2.05, 4.69) is 55.4 Å². The number of anilines is 4. The maximum absolute atomic E-state index is 14.5. The summed E-state index contributed by atoms with van der Waals surface area (Å²) < 4.78 is 67.4. The van der Waals surface area contributed by atoms with Gasteiger partial charge in [0.1, 0.15) is 22.1 Å². The molecule has 69 heavy (non-hydrogen) atoms. The zero-order chi connectivity index (χ0) is 50.9. The van der Waals surface area contributed by atoms with Gasteiger partial charge in [-0.25, -0.2) is 26.6 Å². The van der Waals surface area contributed by atoms with Crippen molar-refractivity contribution in [2.45, 2.75) is 117 Å². The van der Waals surface area contributed by atoms with Gasteiger partial charge < -0.3 is 14.5 Å². The van der Waals surface area contributed by atoms with Crippen LogP contribution in [0.25, 0.3) is 22.7 Å². The molecular formula is C51H59ClN6O9S2. The molecule has 18 heteroatoms. The number of amides is 2. The number of hydrogen-bond acceptors (Lipinski definition) is 11. The third kappa shape index (κ3) is 12.9. The summed E-state index contributed by atoms with van der Waals surface area (Å²) in [5.74, 6) is -1.58. The number of sulfonamides is 2. The van der Waals surface area contributed by atoms with E-state index in [1.807, 2.05) is 25.1 Å². The molecule has 1 aliphatic carbocycles. The van der Waals surface area contributed by atoms with Crippen molar-refractivity contribution >= 4 is 94.9 Å². The molecule has 0 radical (unpaired) electrons. The minimum absolute atomic E-state index is 0.0311. The van der Waals surface area contributed by atoms with Crippen LogP contribution < -0.4 is 19.7 Å². The third-order valence-electron chi connectivity index (χ3n) is 11.6. The SMILES string of the molecule is Cc1cc(N(C(=O)OC(C(=O)Nc2cc(NS(=O)(=O)c3ccccc3NS(C)(=O)=O)ccc2Cl)C(=O)C(C)(C)C)C2CCCC2)ccc1/C=C(\C#N)c1nc2cc(C(C)(C)CC(C)(C)C)ccc2o1. The lowest BCUT2D eigenvalue weighted by molar-refractivity contribution is -0.142. The number of nitrogens with one attached hydrogen (secondary N) is 3. The largest absolute Gasteiger partial charge is 0.435 e. The van der Waals surface area contributed by atoms with Crippen LogP contribution in [0.1, 0.15) is 110 Å². The number of para-hydroxylation sites is 1. The van der Waals surface area contributed by atoms with E-state index in [4.69, 9.17) is 25.7 Å². The topological polar surface area (TPSA) is 218 Å². The zero-order valence-electron chi connectivity index (χ0n) is 40.5. The fourth-order valence-electron chi connectivity index (χ4n) is 8.64. The van der Waals surface area contributed by atoms with Gasteiger partial charge in [0, 0.05) is 17.1 Å². The number of aryl methyl sites for hydroxylation is 1. The first-order valence-electron chi connectivity index (χ1n) is 22.4. The summed E-state index contributed by atoms with van der Waals surface area (Å²) in [5, 5.41) is 12.8. The highest BCUT2D eigenvalue weighted by Gasteiger charge is 2.41. The van der Waals surface area contributed by atoms with Crippen molar-refractivity contribution in [3.8, 4) is 6.07 Å².